The molecule has 25 heavy (non-hydrogen) atoms. The van der Waals surface area contributed by atoms with E-state index in [1.165, 1.54) is 31.6 Å². The van der Waals surface area contributed by atoms with Crippen LogP contribution in [-0.4, -0.2) is 43.0 Å². The summed E-state index contributed by atoms with van der Waals surface area (Å²) < 4.78 is 0. The highest BCUT2D eigenvalue weighted by molar-refractivity contribution is 5.93. The van der Waals surface area contributed by atoms with Gasteiger partial charge in [-0.2, -0.15) is 0 Å². The van der Waals surface area contributed by atoms with Gasteiger partial charge in [-0.1, -0.05) is 20.8 Å². The Kier molecular flexibility index (Phi) is 5.10. The number of hydrogen-bond acceptors (Lipinski definition) is 3. The van der Waals surface area contributed by atoms with E-state index < -0.39 is 0 Å². The predicted octanol–water partition coefficient (Wildman–Crippen LogP) is 3.96. The first-order chi connectivity index (χ1) is 11.7. The van der Waals surface area contributed by atoms with Crippen LogP contribution in [0, 0.1) is 19.3 Å². The standard InChI is InChI=1S/C21H33N3O/c1-15-11-18(24-10-9-23-8-6-7-17(23)14-24)12-16(2)20(15)22-19(25)13-21(3,4)5/h11-12,17H,6-10,13-14H2,1-5H3,(H,22,25). The molecule has 2 heterocycles. The molecule has 1 aromatic carbocycles. The fourth-order valence-electron chi connectivity index (χ4n) is 4.21. The second kappa shape index (κ2) is 6.99. The van der Waals surface area contributed by atoms with Crippen LogP contribution in [0.3, 0.4) is 0 Å². The van der Waals surface area contributed by atoms with Gasteiger partial charge in [0.15, 0.2) is 0 Å². The highest BCUT2D eigenvalue weighted by atomic mass is 16.1. The van der Waals surface area contributed by atoms with Gasteiger partial charge in [0.2, 0.25) is 5.91 Å². The van der Waals surface area contributed by atoms with Gasteiger partial charge in [-0.25, -0.2) is 0 Å². The molecule has 2 saturated heterocycles. The summed E-state index contributed by atoms with van der Waals surface area (Å²) in [5.41, 5.74) is 4.61. The molecule has 0 radical (unpaired) electrons. The number of amides is 1. The zero-order chi connectivity index (χ0) is 18.2. The molecule has 2 fully saturated rings. The SMILES string of the molecule is Cc1cc(N2CCN3CCCC3C2)cc(C)c1NC(=O)CC(C)(C)C. The lowest BCUT2D eigenvalue weighted by atomic mass is 9.92. The molecule has 0 aliphatic carbocycles. The van der Waals surface area contributed by atoms with Crippen molar-refractivity contribution in [3.8, 4) is 0 Å². The Hall–Kier alpha value is -1.55. The Balaban J connectivity index is 1.73. The molecular formula is C21H33N3O. The monoisotopic (exact) mass is 343 g/mol. The van der Waals surface area contributed by atoms with Gasteiger partial charge in [0, 0.05) is 43.5 Å². The van der Waals surface area contributed by atoms with Gasteiger partial charge >= 0.3 is 0 Å². The summed E-state index contributed by atoms with van der Waals surface area (Å²) in [5, 5.41) is 3.14. The smallest absolute Gasteiger partial charge is 0.224 e. The van der Waals surface area contributed by atoms with Crippen LogP contribution in [0.5, 0.6) is 0 Å². The zero-order valence-corrected chi connectivity index (χ0v) is 16.5. The van der Waals surface area contributed by atoms with Gasteiger partial charge in [-0.3, -0.25) is 9.69 Å². The molecule has 3 rings (SSSR count). The molecule has 1 aromatic rings. The first kappa shape index (κ1) is 18.2. The van der Waals surface area contributed by atoms with Crippen molar-refractivity contribution in [2.75, 3.05) is 36.4 Å². The summed E-state index contributed by atoms with van der Waals surface area (Å²) in [5.74, 6) is 0.103. The van der Waals surface area contributed by atoms with Crippen LogP contribution in [0.15, 0.2) is 12.1 Å². The third-order valence-electron chi connectivity index (χ3n) is 5.43. The molecule has 1 unspecified atom stereocenters. The van der Waals surface area contributed by atoms with Gasteiger partial charge < -0.3 is 10.2 Å². The zero-order valence-electron chi connectivity index (χ0n) is 16.5. The van der Waals surface area contributed by atoms with Crippen LogP contribution in [-0.2, 0) is 4.79 Å². The van der Waals surface area contributed by atoms with Crippen LogP contribution < -0.4 is 10.2 Å². The second-order valence-electron chi connectivity index (χ2n) is 9.02. The van der Waals surface area contributed by atoms with Crippen molar-refractivity contribution in [3.05, 3.63) is 23.3 Å². The summed E-state index contributed by atoms with van der Waals surface area (Å²) >= 11 is 0. The van der Waals surface area contributed by atoms with E-state index in [4.69, 9.17) is 0 Å². The minimum absolute atomic E-state index is 0.00674. The number of aryl methyl sites for hydroxylation is 2. The van der Waals surface area contributed by atoms with Crippen LogP contribution >= 0.6 is 0 Å². The first-order valence-corrected chi connectivity index (χ1v) is 9.63. The van der Waals surface area contributed by atoms with Crippen molar-refractivity contribution in [1.29, 1.82) is 0 Å². The van der Waals surface area contributed by atoms with Gasteiger partial charge in [0.25, 0.3) is 0 Å². The molecule has 0 saturated carbocycles. The second-order valence-corrected chi connectivity index (χ2v) is 9.02. The number of benzene rings is 1. The molecule has 2 aliphatic rings. The third-order valence-corrected chi connectivity index (χ3v) is 5.43. The van der Waals surface area contributed by atoms with E-state index in [-0.39, 0.29) is 11.3 Å². The summed E-state index contributed by atoms with van der Waals surface area (Å²) in [4.78, 5) is 17.5. The minimum atomic E-state index is 0.00674. The van der Waals surface area contributed by atoms with Crippen molar-refractivity contribution in [1.82, 2.24) is 4.90 Å². The highest BCUT2D eigenvalue weighted by Crippen LogP contribution is 2.31. The number of carbonyl (C=O) groups is 1. The lowest BCUT2D eigenvalue weighted by molar-refractivity contribution is -0.117. The Labute approximate surface area is 152 Å². The first-order valence-electron chi connectivity index (χ1n) is 9.63. The number of rotatable bonds is 3. The maximum Gasteiger partial charge on any atom is 0.224 e. The number of anilines is 2. The van der Waals surface area contributed by atoms with Crippen LogP contribution in [0.1, 0.15) is 51.2 Å². The number of nitrogens with one attached hydrogen (secondary N) is 1. The van der Waals surface area contributed by atoms with E-state index in [1.807, 2.05) is 0 Å². The number of fused-ring (bicyclic) bond motifs is 1. The normalized spacial score (nSPS) is 21.3. The van der Waals surface area contributed by atoms with E-state index in [0.29, 0.717) is 6.42 Å². The van der Waals surface area contributed by atoms with Crippen LogP contribution in [0.25, 0.3) is 0 Å². The average molecular weight is 344 g/mol. The van der Waals surface area contributed by atoms with Crippen molar-refractivity contribution < 1.29 is 4.79 Å². The van der Waals surface area contributed by atoms with E-state index in [2.05, 4.69) is 61.9 Å². The molecule has 1 atom stereocenters. The molecule has 1 N–H and O–H groups in total. The number of hydrogen-bond donors (Lipinski definition) is 1. The number of carbonyl (C=O) groups excluding carboxylic acids is 1. The fourth-order valence-corrected chi connectivity index (χ4v) is 4.21. The molecular weight excluding hydrogens is 310 g/mol. The quantitative estimate of drug-likeness (QED) is 0.902. The molecule has 1 amide bonds. The fraction of sp³-hybridized carbons (Fsp3) is 0.667. The molecule has 0 bridgehead atoms. The predicted molar refractivity (Wildman–Crippen MR) is 105 cm³/mol. The Morgan fingerprint density at radius 1 is 1.16 bits per heavy atom. The summed E-state index contributed by atoms with van der Waals surface area (Å²) in [6, 6.07) is 5.20. The van der Waals surface area contributed by atoms with Crippen molar-refractivity contribution >= 4 is 17.3 Å². The molecule has 4 heteroatoms. The lowest BCUT2D eigenvalue weighted by Gasteiger charge is -2.39. The van der Waals surface area contributed by atoms with Crippen LogP contribution in [0.4, 0.5) is 11.4 Å². The van der Waals surface area contributed by atoms with Gasteiger partial charge in [-0.05, 0) is 61.9 Å². The molecule has 2 aliphatic heterocycles. The summed E-state index contributed by atoms with van der Waals surface area (Å²) in [6.45, 7) is 15.2. The Bertz CT molecular complexity index is 624. The van der Waals surface area contributed by atoms with Crippen LogP contribution in [0.2, 0.25) is 0 Å². The average Bonchev–Trinajstić information content (AvgIpc) is 2.96. The number of piperazine rings is 1. The lowest BCUT2D eigenvalue weighted by Crippen LogP contribution is -2.50. The third kappa shape index (κ3) is 4.35. The maximum absolute atomic E-state index is 12.3. The van der Waals surface area contributed by atoms with E-state index in [9.17, 15) is 4.79 Å². The largest absolute Gasteiger partial charge is 0.369 e. The van der Waals surface area contributed by atoms with Crippen molar-refractivity contribution in [2.45, 2.75) is 59.9 Å². The topological polar surface area (TPSA) is 35.6 Å². The van der Waals surface area contributed by atoms with Crippen molar-refractivity contribution in [3.63, 3.8) is 0 Å². The number of nitrogens with zero attached hydrogens (tertiary/aromatic N) is 2. The summed E-state index contributed by atoms with van der Waals surface area (Å²) in [7, 11) is 0. The maximum atomic E-state index is 12.3. The molecule has 0 spiro atoms. The highest BCUT2D eigenvalue weighted by Gasteiger charge is 2.30. The van der Waals surface area contributed by atoms with Gasteiger partial charge in [0.05, 0.1) is 0 Å². The molecule has 4 nitrogen and oxygen atoms in total. The van der Waals surface area contributed by atoms with E-state index >= 15 is 0 Å². The van der Waals surface area contributed by atoms with E-state index in [1.54, 1.807) is 0 Å². The van der Waals surface area contributed by atoms with E-state index in [0.717, 1.165) is 35.9 Å². The Morgan fingerprint density at radius 3 is 2.48 bits per heavy atom. The Morgan fingerprint density at radius 2 is 1.84 bits per heavy atom. The molecule has 0 aromatic heterocycles. The molecule has 138 valence electrons. The van der Waals surface area contributed by atoms with Gasteiger partial charge in [-0.15, -0.1) is 0 Å². The minimum Gasteiger partial charge on any atom is -0.369 e. The van der Waals surface area contributed by atoms with Crippen molar-refractivity contribution in [2.24, 2.45) is 5.41 Å². The van der Waals surface area contributed by atoms with Gasteiger partial charge in [0.1, 0.15) is 0 Å². The summed E-state index contributed by atoms with van der Waals surface area (Å²) in [6.07, 6.45) is 3.21.